The van der Waals surface area contributed by atoms with Gasteiger partial charge in [0.25, 0.3) is 0 Å². The largest absolute Gasteiger partial charge is 0.496 e. The van der Waals surface area contributed by atoms with E-state index in [0.717, 1.165) is 6.54 Å². The topological polar surface area (TPSA) is 62.3 Å². The molecule has 4 nitrogen and oxygen atoms in total. The molecule has 0 radical (unpaired) electrons. The minimum absolute atomic E-state index is 0.0587. The van der Waals surface area contributed by atoms with Gasteiger partial charge in [-0.15, -0.1) is 0 Å². The fourth-order valence-electron chi connectivity index (χ4n) is 3.06. The van der Waals surface area contributed by atoms with E-state index in [0.29, 0.717) is 23.4 Å². The normalized spacial score (nSPS) is 23.6. The van der Waals surface area contributed by atoms with Crippen LogP contribution in [0.25, 0.3) is 0 Å². The third-order valence-electron chi connectivity index (χ3n) is 4.30. The van der Waals surface area contributed by atoms with Crippen LogP contribution in [-0.2, 0) is 6.54 Å². The second-order valence-corrected chi connectivity index (χ2v) is 5.75. The summed E-state index contributed by atoms with van der Waals surface area (Å²) in [6, 6.07) is 7.18. The zero-order valence-electron chi connectivity index (χ0n) is 12.6. The summed E-state index contributed by atoms with van der Waals surface area (Å²) < 4.78 is 5.26. The zero-order chi connectivity index (χ0) is 14.7. The van der Waals surface area contributed by atoms with E-state index < -0.39 is 0 Å². The number of benzene rings is 1. The van der Waals surface area contributed by atoms with Crippen LogP contribution in [0.1, 0.15) is 44.2 Å². The van der Waals surface area contributed by atoms with Gasteiger partial charge < -0.3 is 10.5 Å². The molecule has 0 bridgehead atoms. The Labute approximate surface area is 121 Å². The summed E-state index contributed by atoms with van der Waals surface area (Å²) in [5.41, 5.74) is 7.51. The van der Waals surface area contributed by atoms with Crippen molar-refractivity contribution in [3.8, 4) is 5.75 Å². The molecule has 1 saturated heterocycles. The summed E-state index contributed by atoms with van der Waals surface area (Å²) in [6.07, 6.45) is 3.85. The van der Waals surface area contributed by atoms with Crippen LogP contribution in [0.4, 0.5) is 0 Å². The Bertz CT molecular complexity index is 477. The van der Waals surface area contributed by atoms with Crippen LogP contribution in [0.2, 0.25) is 0 Å². The number of rotatable bonds is 4. The molecule has 110 valence electrons. The predicted octanol–water partition coefficient (Wildman–Crippen LogP) is 2.74. The van der Waals surface area contributed by atoms with Crippen molar-refractivity contribution in [3.63, 3.8) is 0 Å². The standard InChI is InChI=1S/C16H25N3O/c1-11-5-4-6-12(2)19(11)10-13-7-8-15(20-3)14(9-13)16(17)18/h7-9,11-12H,4-6,10H2,1-3H3,(H3,17,18). The van der Waals surface area contributed by atoms with Crippen molar-refractivity contribution < 1.29 is 4.74 Å². The van der Waals surface area contributed by atoms with E-state index in [2.05, 4.69) is 24.8 Å². The number of nitrogen functional groups attached to an aromatic ring is 1. The van der Waals surface area contributed by atoms with Crippen molar-refractivity contribution in [2.75, 3.05) is 7.11 Å². The summed E-state index contributed by atoms with van der Waals surface area (Å²) >= 11 is 0. The second kappa shape index (κ2) is 6.27. The van der Waals surface area contributed by atoms with Gasteiger partial charge in [0.15, 0.2) is 0 Å². The Balaban J connectivity index is 2.20. The number of likely N-dealkylation sites (tertiary alicyclic amines) is 1. The van der Waals surface area contributed by atoms with Crippen LogP contribution in [-0.4, -0.2) is 29.9 Å². The van der Waals surface area contributed by atoms with Crippen LogP contribution in [0.15, 0.2) is 18.2 Å². The van der Waals surface area contributed by atoms with E-state index in [1.807, 2.05) is 12.1 Å². The average molecular weight is 275 g/mol. The van der Waals surface area contributed by atoms with Gasteiger partial charge >= 0.3 is 0 Å². The van der Waals surface area contributed by atoms with Crippen LogP contribution >= 0.6 is 0 Å². The van der Waals surface area contributed by atoms with Crippen molar-refractivity contribution in [2.24, 2.45) is 5.73 Å². The molecule has 0 saturated carbocycles. The van der Waals surface area contributed by atoms with Gasteiger partial charge in [0.05, 0.1) is 12.7 Å². The molecule has 0 aromatic heterocycles. The maximum atomic E-state index is 7.66. The van der Waals surface area contributed by atoms with E-state index in [4.69, 9.17) is 15.9 Å². The third kappa shape index (κ3) is 3.12. The molecule has 20 heavy (non-hydrogen) atoms. The van der Waals surface area contributed by atoms with E-state index >= 15 is 0 Å². The number of hydrogen-bond acceptors (Lipinski definition) is 3. The Hall–Kier alpha value is -1.55. The van der Waals surface area contributed by atoms with Crippen molar-refractivity contribution in [3.05, 3.63) is 29.3 Å². The molecule has 2 atom stereocenters. The van der Waals surface area contributed by atoms with Crippen molar-refractivity contribution in [2.45, 2.75) is 51.7 Å². The number of methoxy groups -OCH3 is 1. The van der Waals surface area contributed by atoms with E-state index in [1.54, 1.807) is 7.11 Å². The Kier molecular flexibility index (Phi) is 4.65. The summed E-state index contributed by atoms with van der Waals surface area (Å²) in [5.74, 6) is 0.726. The molecule has 1 fully saturated rings. The first-order valence-electron chi connectivity index (χ1n) is 7.30. The maximum Gasteiger partial charge on any atom is 0.129 e. The fourth-order valence-corrected chi connectivity index (χ4v) is 3.06. The van der Waals surface area contributed by atoms with Gasteiger partial charge in [0, 0.05) is 18.6 Å². The zero-order valence-corrected chi connectivity index (χ0v) is 12.6. The number of ether oxygens (including phenoxy) is 1. The molecule has 3 N–H and O–H groups in total. The molecule has 0 spiro atoms. The Morgan fingerprint density at radius 1 is 1.35 bits per heavy atom. The monoisotopic (exact) mass is 275 g/mol. The third-order valence-corrected chi connectivity index (χ3v) is 4.30. The van der Waals surface area contributed by atoms with Gasteiger partial charge in [-0.05, 0) is 44.4 Å². The van der Waals surface area contributed by atoms with E-state index in [-0.39, 0.29) is 5.84 Å². The molecule has 1 aliphatic rings. The second-order valence-electron chi connectivity index (χ2n) is 5.75. The number of nitrogens with one attached hydrogen (secondary N) is 1. The molecule has 0 amide bonds. The minimum Gasteiger partial charge on any atom is -0.496 e. The molecule has 2 unspecified atom stereocenters. The SMILES string of the molecule is COc1ccc(CN2C(C)CCCC2C)cc1C(=N)N. The molecule has 1 aromatic carbocycles. The quantitative estimate of drug-likeness (QED) is 0.656. The Morgan fingerprint density at radius 2 is 2.00 bits per heavy atom. The lowest BCUT2D eigenvalue weighted by Crippen LogP contribution is -2.42. The number of nitrogens with zero attached hydrogens (tertiary/aromatic N) is 1. The van der Waals surface area contributed by atoms with Gasteiger partial charge in [-0.1, -0.05) is 12.5 Å². The number of hydrogen-bond donors (Lipinski definition) is 2. The van der Waals surface area contributed by atoms with Crippen LogP contribution in [0.3, 0.4) is 0 Å². The lowest BCUT2D eigenvalue weighted by Gasteiger charge is -2.39. The lowest BCUT2D eigenvalue weighted by molar-refractivity contribution is 0.0952. The molecule has 1 aliphatic heterocycles. The molecular formula is C16H25N3O. The highest BCUT2D eigenvalue weighted by molar-refractivity contribution is 5.97. The lowest BCUT2D eigenvalue weighted by atomic mass is 9.96. The van der Waals surface area contributed by atoms with Crippen LogP contribution < -0.4 is 10.5 Å². The molecular weight excluding hydrogens is 250 g/mol. The fraction of sp³-hybridized carbons (Fsp3) is 0.562. The van der Waals surface area contributed by atoms with E-state index in [1.165, 1.54) is 24.8 Å². The number of amidine groups is 1. The van der Waals surface area contributed by atoms with Gasteiger partial charge in [-0.3, -0.25) is 10.3 Å². The number of nitrogens with two attached hydrogens (primary N) is 1. The highest BCUT2D eigenvalue weighted by Crippen LogP contribution is 2.26. The first-order chi connectivity index (χ1) is 9.52. The molecule has 4 heteroatoms. The van der Waals surface area contributed by atoms with Gasteiger partial charge in [0.2, 0.25) is 0 Å². The highest BCUT2D eigenvalue weighted by Gasteiger charge is 2.24. The molecule has 1 heterocycles. The molecule has 1 aromatic rings. The predicted molar refractivity (Wildman–Crippen MR) is 82.3 cm³/mol. The maximum absolute atomic E-state index is 7.66. The van der Waals surface area contributed by atoms with Crippen molar-refractivity contribution >= 4 is 5.84 Å². The Morgan fingerprint density at radius 3 is 2.55 bits per heavy atom. The van der Waals surface area contributed by atoms with Crippen molar-refractivity contribution in [1.29, 1.82) is 5.41 Å². The smallest absolute Gasteiger partial charge is 0.129 e. The summed E-state index contributed by atoms with van der Waals surface area (Å²) in [6.45, 7) is 5.50. The highest BCUT2D eigenvalue weighted by atomic mass is 16.5. The van der Waals surface area contributed by atoms with Crippen molar-refractivity contribution in [1.82, 2.24) is 4.90 Å². The van der Waals surface area contributed by atoms with Gasteiger partial charge in [-0.2, -0.15) is 0 Å². The van der Waals surface area contributed by atoms with Gasteiger partial charge in [0.1, 0.15) is 11.6 Å². The first kappa shape index (κ1) is 14.9. The number of piperidine rings is 1. The van der Waals surface area contributed by atoms with Crippen LogP contribution in [0, 0.1) is 5.41 Å². The molecule has 0 aliphatic carbocycles. The first-order valence-corrected chi connectivity index (χ1v) is 7.30. The van der Waals surface area contributed by atoms with Gasteiger partial charge in [-0.25, -0.2) is 0 Å². The van der Waals surface area contributed by atoms with E-state index in [9.17, 15) is 0 Å². The summed E-state index contributed by atoms with van der Waals surface area (Å²) in [7, 11) is 1.61. The van der Waals surface area contributed by atoms with Crippen LogP contribution in [0.5, 0.6) is 5.75 Å². The average Bonchev–Trinajstić information content (AvgIpc) is 2.43. The summed E-state index contributed by atoms with van der Waals surface area (Å²) in [5, 5.41) is 7.66. The minimum atomic E-state index is 0.0587. The summed E-state index contributed by atoms with van der Waals surface area (Å²) in [4.78, 5) is 2.54. The molecule has 2 rings (SSSR count).